The lowest BCUT2D eigenvalue weighted by molar-refractivity contribution is 0.0702. The molecule has 130 valence electrons. The van der Waals surface area contributed by atoms with Crippen LogP contribution in [0.2, 0.25) is 0 Å². The Balaban J connectivity index is 1.51. The van der Waals surface area contributed by atoms with E-state index in [0.717, 1.165) is 39.8 Å². The van der Waals surface area contributed by atoms with Gasteiger partial charge < -0.3 is 9.32 Å². The van der Waals surface area contributed by atoms with Gasteiger partial charge in [0, 0.05) is 13.1 Å². The molecule has 0 aliphatic carbocycles. The molecule has 0 aromatic carbocycles. The number of carbonyl (C=O) groups excluding carboxylic acids is 1. The van der Waals surface area contributed by atoms with Gasteiger partial charge in [-0.15, -0.1) is 32.9 Å². The van der Waals surface area contributed by atoms with Crippen molar-refractivity contribution in [2.75, 3.05) is 13.1 Å². The predicted octanol–water partition coefficient (Wildman–Crippen LogP) is 3.89. The van der Waals surface area contributed by atoms with Crippen molar-refractivity contribution < 1.29 is 9.21 Å². The fraction of sp³-hybridized carbons (Fsp3) is 0.412. The fourth-order valence-corrected chi connectivity index (χ4v) is 4.67. The molecule has 8 heteroatoms. The van der Waals surface area contributed by atoms with E-state index >= 15 is 0 Å². The number of hydrogen-bond donors (Lipinski definition) is 0. The average molecular weight is 374 g/mol. The molecular formula is C17H18N4O2S2. The molecule has 4 rings (SSSR count). The van der Waals surface area contributed by atoms with Crippen LogP contribution < -0.4 is 0 Å². The molecule has 0 radical (unpaired) electrons. The number of nitrogens with zero attached hydrogens (tertiary/aromatic N) is 4. The van der Waals surface area contributed by atoms with E-state index in [2.05, 4.69) is 15.2 Å². The van der Waals surface area contributed by atoms with Crippen molar-refractivity contribution in [1.82, 2.24) is 20.1 Å². The molecule has 3 aromatic heterocycles. The summed E-state index contributed by atoms with van der Waals surface area (Å²) in [7, 11) is 0. The predicted molar refractivity (Wildman–Crippen MR) is 97.1 cm³/mol. The van der Waals surface area contributed by atoms with Crippen molar-refractivity contribution in [2.24, 2.45) is 0 Å². The van der Waals surface area contributed by atoms with E-state index in [4.69, 9.17) is 4.42 Å². The number of likely N-dealkylation sites (tertiary alicyclic amines) is 1. The number of thiazole rings is 1. The van der Waals surface area contributed by atoms with Crippen molar-refractivity contribution in [2.45, 2.75) is 32.6 Å². The van der Waals surface area contributed by atoms with Crippen LogP contribution in [0.1, 0.15) is 45.0 Å². The third-order valence-corrected chi connectivity index (χ3v) is 6.25. The molecule has 0 N–H and O–H groups in total. The largest absolute Gasteiger partial charge is 0.420 e. The quantitative estimate of drug-likeness (QED) is 0.695. The molecule has 1 amide bonds. The zero-order valence-electron chi connectivity index (χ0n) is 14.1. The van der Waals surface area contributed by atoms with Crippen LogP contribution in [0.25, 0.3) is 10.8 Å². The molecule has 0 spiro atoms. The molecule has 25 heavy (non-hydrogen) atoms. The molecule has 1 atom stereocenters. The smallest absolute Gasteiger partial charge is 0.265 e. The molecule has 0 bridgehead atoms. The van der Waals surface area contributed by atoms with Crippen molar-refractivity contribution in [1.29, 1.82) is 0 Å². The summed E-state index contributed by atoms with van der Waals surface area (Å²) >= 11 is 3.04. The minimum atomic E-state index is 0.0609. The Morgan fingerprint density at radius 1 is 1.36 bits per heavy atom. The van der Waals surface area contributed by atoms with Gasteiger partial charge in [0.2, 0.25) is 5.89 Å². The van der Waals surface area contributed by atoms with Crippen LogP contribution in [0, 0.1) is 13.8 Å². The molecule has 1 aliphatic rings. The zero-order chi connectivity index (χ0) is 17.4. The average Bonchev–Trinajstić information content (AvgIpc) is 3.34. The highest BCUT2D eigenvalue weighted by molar-refractivity contribution is 7.13. The maximum absolute atomic E-state index is 12.8. The lowest BCUT2D eigenvalue weighted by Crippen LogP contribution is -2.39. The Bertz CT molecular complexity index is 884. The summed E-state index contributed by atoms with van der Waals surface area (Å²) in [6, 6.07) is 3.93. The lowest BCUT2D eigenvalue weighted by Gasteiger charge is -2.30. The SMILES string of the molecule is Cc1nc(C)c(C(=O)N2CCCC(c3nnc(-c4cccs4)o3)C2)s1. The highest BCUT2D eigenvalue weighted by Crippen LogP contribution is 2.31. The number of thiophene rings is 1. The van der Waals surface area contributed by atoms with Gasteiger partial charge in [-0.3, -0.25) is 4.79 Å². The molecule has 6 nitrogen and oxygen atoms in total. The van der Waals surface area contributed by atoms with Gasteiger partial charge in [0.05, 0.1) is 21.5 Å². The van der Waals surface area contributed by atoms with Crippen LogP contribution in [-0.2, 0) is 0 Å². The van der Waals surface area contributed by atoms with Crippen molar-refractivity contribution in [3.8, 4) is 10.8 Å². The molecular weight excluding hydrogens is 356 g/mol. The summed E-state index contributed by atoms with van der Waals surface area (Å²) in [5.41, 5.74) is 0.812. The van der Waals surface area contributed by atoms with Gasteiger partial charge in [0.15, 0.2) is 0 Å². The molecule has 0 saturated carbocycles. The van der Waals surface area contributed by atoms with E-state index in [9.17, 15) is 4.79 Å². The Morgan fingerprint density at radius 3 is 2.96 bits per heavy atom. The summed E-state index contributed by atoms with van der Waals surface area (Å²) < 4.78 is 5.87. The van der Waals surface area contributed by atoms with E-state index in [-0.39, 0.29) is 11.8 Å². The molecule has 4 heterocycles. The highest BCUT2D eigenvalue weighted by atomic mass is 32.1. The van der Waals surface area contributed by atoms with Gasteiger partial charge in [-0.2, -0.15) is 0 Å². The van der Waals surface area contributed by atoms with Crippen molar-refractivity contribution in [3.63, 3.8) is 0 Å². The number of piperidine rings is 1. The maximum atomic E-state index is 12.8. The van der Waals surface area contributed by atoms with Gasteiger partial charge in [-0.1, -0.05) is 6.07 Å². The van der Waals surface area contributed by atoms with E-state index in [1.165, 1.54) is 11.3 Å². The molecule has 3 aromatic rings. The molecule has 1 fully saturated rings. The highest BCUT2D eigenvalue weighted by Gasteiger charge is 2.30. The van der Waals surface area contributed by atoms with Gasteiger partial charge in [0.1, 0.15) is 4.88 Å². The topological polar surface area (TPSA) is 72.1 Å². The first-order valence-electron chi connectivity index (χ1n) is 8.22. The third kappa shape index (κ3) is 3.23. The summed E-state index contributed by atoms with van der Waals surface area (Å²) in [6.45, 7) is 5.19. The summed E-state index contributed by atoms with van der Waals surface area (Å²) in [4.78, 5) is 20.8. The summed E-state index contributed by atoms with van der Waals surface area (Å²) in [6.07, 6.45) is 1.89. The van der Waals surface area contributed by atoms with Gasteiger partial charge >= 0.3 is 0 Å². The number of rotatable bonds is 3. The summed E-state index contributed by atoms with van der Waals surface area (Å²) in [5.74, 6) is 1.33. The van der Waals surface area contributed by atoms with E-state index in [1.54, 1.807) is 11.3 Å². The first kappa shape index (κ1) is 16.4. The van der Waals surface area contributed by atoms with Gasteiger partial charge in [-0.25, -0.2) is 4.98 Å². The van der Waals surface area contributed by atoms with Crippen molar-refractivity contribution in [3.05, 3.63) is 39.0 Å². The standard InChI is InChI=1S/C17H18N4O2S2/c1-10-14(25-11(2)18-10)17(22)21-7-3-5-12(9-21)15-19-20-16(23-15)13-6-4-8-24-13/h4,6,8,12H,3,5,7,9H2,1-2H3. The minimum Gasteiger partial charge on any atom is -0.420 e. The lowest BCUT2D eigenvalue weighted by atomic mass is 9.98. The maximum Gasteiger partial charge on any atom is 0.265 e. The van der Waals surface area contributed by atoms with Gasteiger partial charge in [0.25, 0.3) is 11.8 Å². The molecule has 1 aliphatic heterocycles. The second kappa shape index (κ2) is 6.68. The number of carbonyl (C=O) groups is 1. The van der Waals surface area contributed by atoms with Crippen molar-refractivity contribution >= 4 is 28.6 Å². The van der Waals surface area contributed by atoms with Crippen LogP contribution >= 0.6 is 22.7 Å². The number of aromatic nitrogens is 3. The van der Waals surface area contributed by atoms with Crippen LogP contribution in [0.4, 0.5) is 0 Å². The van der Waals surface area contributed by atoms with Crippen LogP contribution in [0.15, 0.2) is 21.9 Å². The molecule has 1 saturated heterocycles. The first-order valence-corrected chi connectivity index (χ1v) is 9.92. The van der Waals surface area contributed by atoms with E-state index in [0.29, 0.717) is 18.3 Å². The Morgan fingerprint density at radius 2 is 2.24 bits per heavy atom. The number of amides is 1. The second-order valence-electron chi connectivity index (χ2n) is 6.16. The minimum absolute atomic E-state index is 0.0609. The fourth-order valence-electron chi connectivity index (χ4n) is 3.14. The summed E-state index contributed by atoms with van der Waals surface area (Å²) in [5, 5.41) is 11.3. The first-order chi connectivity index (χ1) is 12.1. The monoisotopic (exact) mass is 374 g/mol. The zero-order valence-corrected chi connectivity index (χ0v) is 15.7. The normalized spacial score (nSPS) is 17.8. The van der Waals surface area contributed by atoms with Crippen LogP contribution in [-0.4, -0.2) is 39.1 Å². The number of aryl methyl sites for hydroxylation is 2. The second-order valence-corrected chi connectivity index (χ2v) is 8.31. The van der Waals surface area contributed by atoms with E-state index < -0.39 is 0 Å². The van der Waals surface area contributed by atoms with Crippen LogP contribution in [0.3, 0.4) is 0 Å². The third-order valence-electron chi connectivity index (χ3n) is 4.33. The number of hydrogen-bond acceptors (Lipinski definition) is 7. The Labute approximate surface area is 153 Å². The van der Waals surface area contributed by atoms with E-state index in [1.807, 2.05) is 36.3 Å². The van der Waals surface area contributed by atoms with Crippen LogP contribution in [0.5, 0.6) is 0 Å². The Hall–Kier alpha value is -2.06. The Kier molecular flexibility index (Phi) is 4.39. The molecule has 1 unspecified atom stereocenters. The van der Waals surface area contributed by atoms with Gasteiger partial charge in [-0.05, 0) is 38.1 Å².